The Morgan fingerprint density at radius 1 is 1.13 bits per heavy atom. The molecule has 4 aliphatic carbocycles. The number of fused-ring (bicyclic) bond motifs is 5. The van der Waals surface area contributed by atoms with Crippen LogP contribution in [-0.2, 0) is 4.79 Å². The van der Waals surface area contributed by atoms with Gasteiger partial charge in [0.2, 0.25) is 0 Å². The van der Waals surface area contributed by atoms with Crippen molar-refractivity contribution in [1.82, 2.24) is 0 Å². The quantitative estimate of drug-likeness (QED) is 0.862. The molecular formula is C20H20O3. The number of aliphatic hydroxyl groups excluding tert-OH is 1. The Kier molecular flexibility index (Phi) is 2.62. The maximum absolute atomic E-state index is 13.1. The third-order valence-corrected chi connectivity index (χ3v) is 6.13. The predicted molar refractivity (Wildman–Crippen MR) is 87.2 cm³/mol. The van der Waals surface area contributed by atoms with Gasteiger partial charge in [-0.25, -0.2) is 0 Å². The predicted octanol–water partition coefficient (Wildman–Crippen LogP) is 3.86. The molecule has 1 aromatic rings. The molecule has 118 valence electrons. The van der Waals surface area contributed by atoms with Crippen molar-refractivity contribution in [2.24, 2.45) is 23.7 Å². The molecule has 3 nitrogen and oxygen atoms in total. The molecular weight excluding hydrogens is 288 g/mol. The van der Waals surface area contributed by atoms with Gasteiger partial charge in [0.1, 0.15) is 11.5 Å². The highest BCUT2D eigenvalue weighted by Crippen LogP contribution is 2.58. The summed E-state index contributed by atoms with van der Waals surface area (Å²) < 4.78 is 5.36. The number of benzene rings is 1. The molecule has 5 rings (SSSR count). The molecule has 2 bridgehead atoms. The van der Waals surface area contributed by atoms with Gasteiger partial charge in [0.15, 0.2) is 5.78 Å². The topological polar surface area (TPSA) is 46.5 Å². The third kappa shape index (κ3) is 1.73. The zero-order valence-electron chi connectivity index (χ0n) is 13.2. The highest BCUT2D eigenvalue weighted by molar-refractivity contribution is 6.25. The molecule has 0 spiro atoms. The summed E-state index contributed by atoms with van der Waals surface area (Å²) in [5.41, 5.74) is 2.67. The fourth-order valence-electron chi connectivity index (χ4n) is 4.91. The average molecular weight is 308 g/mol. The lowest BCUT2D eigenvalue weighted by Gasteiger charge is -2.19. The summed E-state index contributed by atoms with van der Waals surface area (Å²) in [4.78, 5) is 13.1. The Balaban J connectivity index is 1.66. The number of aliphatic hydroxyl groups is 1. The van der Waals surface area contributed by atoms with Gasteiger partial charge in [0.05, 0.1) is 12.7 Å². The van der Waals surface area contributed by atoms with Crippen LogP contribution in [0.25, 0.3) is 5.57 Å². The molecule has 2 saturated carbocycles. The summed E-state index contributed by atoms with van der Waals surface area (Å²) in [6.45, 7) is 0. The molecule has 0 amide bonds. The minimum Gasteiger partial charge on any atom is -0.511 e. The number of ether oxygens (including phenoxy) is 1. The van der Waals surface area contributed by atoms with E-state index in [-0.39, 0.29) is 17.6 Å². The van der Waals surface area contributed by atoms with Crippen LogP contribution >= 0.6 is 0 Å². The Labute approximate surface area is 135 Å². The van der Waals surface area contributed by atoms with Crippen LogP contribution < -0.4 is 4.74 Å². The smallest absolute Gasteiger partial charge is 0.171 e. The molecule has 1 aromatic carbocycles. The summed E-state index contributed by atoms with van der Waals surface area (Å²) in [7, 11) is 1.64. The van der Waals surface area contributed by atoms with Gasteiger partial charge in [-0.1, -0.05) is 18.2 Å². The molecule has 0 aromatic heterocycles. The van der Waals surface area contributed by atoms with E-state index in [1.54, 1.807) is 7.11 Å². The van der Waals surface area contributed by atoms with E-state index in [2.05, 4.69) is 18.2 Å². The van der Waals surface area contributed by atoms with E-state index in [9.17, 15) is 9.90 Å². The number of ketones is 1. The Morgan fingerprint density at radius 2 is 1.87 bits per heavy atom. The molecule has 0 radical (unpaired) electrons. The monoisotopic (exact) mass is 308 g/mol. The van der Waals surface area contributed by atoms with Gasteiger partial charge in [0, 0.05) is 11.8 Å². The summed E-state index contributed by atoms with van der Waals surface area (Å²) in [5.74, 6) is 2.35. The van der Waals surface area contributed by atoms with Crippen molar-refractivity contribution in [3.63, 3.8) is 0 Å². The van der Waals surface area contributed by atoms with Crippen LogP contribution in [0.15, 0.2) is 36.1 Å². The maximum atomic E-state index is 13.1. The molecule has 1 N–H and O–H groups in total. The summed E-state index contributed by atoms with van der Waals surface area (Å²) in [6, 6.07) is 5.97. The minimum atomic E-state index is -0.0433. The van der Waals surface area contributed by atoms with Crippen molar-refractivity contribution >= 4 is 11.4 Å². The SMILES string of the molecule is COc1ccc(C2CC2)c(C2=C(O)C3C4C=CC(C4)C3C2=O)c1. The van der Waals surface area contributed by atoms with Crippen molar-refractivity contribution in [2.45, 2.75) is 25.2 Å². The van der Waals surface area contributed by atoms with Gasteiger partial charge in [-0.3, -0.25) is 4.79 Å². The van der Waals surface area contributed by atoms with E-state index in [0.29, 0.717) is 29.1 Å². The second kappa shape index (κ2) is 4.50. The number of carbonyl (C=O) groups excluding carboxylic acids is 1. The summed E-state index contributed by atoms with van der Waals surface area (Å²) >= 11 is 0. The molecule has 2 fully saturated rings. The van der Waals surface area contributed by atoms with Gasteiger partial charge < -0.3 is 9.84 Å². The normalized spacial score (nSPS) is 34.4. The first-order valence-corrected chi connectivity index (χ1v) is 8.53. The molecule has 4 unspecified atom stereocenters. The van der Waals surface area contributed by atoms with Gasteiger partial charge in [-0.15, -0.1) is 0 Å². The first kappa shape index (κ1) is 13.4. The third-order valence-electron chi connectivity index (χ3n) is 6.13. The lowest BCUT2D eigenvalue weighted by molar-refractivity contribution is -0.118. The summed E-state index contributed by atoms with van der Waals surface area (Å²) in [5, 5.41) is 10.9. The maximum Gasteiger partial charge on any atom is 0.171 e. The van der Waals surface area contributed by atoms with E-state index in [0.717, 1.165) is 17.7 Å². The number of hydrogen-bond acceptors (Lipinski definition) is 3. The summed E-state index contributed by atoms with van der Waals surface area (Å²) in [6.07, 6.45) is 7.72. The molecule has 0 saturated heterocycles. The number of carbonyl (C=O) groups is 1. The fourth-order valence-corrected chi connectivity index (χ4v) is 4.91. The fraction of sp³-hybridized carbons (Fsp3) is 0.450. The van der Waals surface area contributed by atoms with Gasteiger partial charge in [-0.05, 0) is 60.3 Å². The molecule has 3 heteroatoms. The zero-order chi connectivity index (χ0) is 15.7. The van der Waals surface area contributed by atoms with E-state index >= 15 is 0 Å². The van der Waals surface area contributed by atoms with E-state index in [1.807, 2.05) is 12.1 Å². The van der Waals surface area contributed by atoms with Gasteiger partial charge in [-0.2, -0.15) is 0 Å². The number of allylic oxidation sites excluding steroid dienone is 4. The molecule has 23 heavy (non-hydrogen) atoms. The first-order chi connectivity index (χ1) is 11.2. The van der Waals surface area contributed by atoms with Crippen molar-refractivity contribution < 1.29 is 14.6 Å². The lowest BCUT2D eigenvalue weighted by Crippen LogP contribution is -2.22. The van der Waals surface area contributed by atoms with E-state index < -0.39 is 0 Å². The Bertz CT molecular complexity index is 769. The second-order valence-electron chi connectivity index (χ2n) is 7.35. The highest BCUT2D eigenvalue weighted by Gasteiger charge is 2.56. The standard InChI is InChI=1S/C20H20O3/c1-23-13-6-7-14(10-2-3-10)15(9-13)18-19(21)16-11-4-5-12(8-11)17(16)20(18)22/h4-7,9-12,16-17,21H,2-3,8H2,1H3. The van der Waals surface area contributed by atoms with Crippen molar-refractivity contribution in [1.29, 1.82) is 0 Å². The number of rotatable bonds is 3. The van der Waals surface area contributed by atoms with E-state index in [4.69, 9.17) is 4.74 Å². The molecule has 0 aliphatic heterocycles. The number of Topliss-reactive ketones (excluding diaryl/α,β-unsaturated/α-hetero) is 1. The van der Waals surface area contributed by atoms with Crippen LogP contribution in [0, 0.1) is 23.7 Å². The van der Waals surface area contributed by atoms with Crippen LogP contribution in [0.1, 0.15) is 36.3 Å². The zero-order valence-corrected chi connectivity index (χ0v) is 13.2. The minimum absolute atomic E-state index is 0.00533. The Hall–Kier alpha value is -2.03. The first-order valence-electron chi connectivity index (χ1n) is 8.53. The molecule has 4 atom stereocenters. The van der Waals surface area contributed by atoms with Crippen LogP contribution in [-0.4, -0.2) is 18.0 Å². The van der Waals surface area contributed by atoms with Gasteiger partial charge in [0.25, 0.3) is 0 Å². The van der Waals surface area contributed by atoms with Crippen molar-refractivity contribution in [2.75, 3.05) is 7.11 Å². The molecule has 0 heterocycles. The lowest BCUT2D eigenvalue weighted by atomic mass is 9.84. The highest BCUT2D eigenvalue weighted by atomic mass is 16.5. The second-order valence-corrected chi connectivity index (χ2v) is 7.35. The van der Waals surface area contributed by atoms with Crippen LogP contribution in [0.2, 0.25) is 0 Å². The average Bonchev–Trinajstić information content (AvgIpc) is 3.11. The van der Waals surface area contributed by atoms with Crippen LogP contribution in [0.4, 0.5) is 0 Å². The van der Waals surface area contributed by atoms with Crippen LogP contribution in [0.3, 0.4) is 0 Å². The largest absolute Gasteiger partial charge is 0.511 e. The van der Waals surface area contributed by atoms with Gasteiger partial charge >= 0.3 is 0 Å². The van der Waals surface area contributed by atoms with E-state index in [1.165, 1.54) is 18.4 Å². The number of hydrogen-bond donors (Lipinski definition) is 1. The Morgan fingerprint density at radius 3 is 2.52 bits per heavy atom. The van der Waals surface area contributed by atoms with Crippen molar-refractivity contribution in [3.05, 3.63) is 47.2 Å². The molecule has 4 aliphatic rings. The van der Waals surface area contributed by atoms with Crippen molar-refractivity contribution in [3.8, 4) is 5.75 Å². The van der Waals surface area contributed by atoms with Crippen LogP contribution in [0.5, 0.6) is 5.75 Å². The number of methoxy groups -OCH3 is 1.